The van der Waals surface area contributed by atoms with E-state index in [1.165, 1.54) is 36.4 Å². The van der Waals surface area contributed by atoms with Crippen molar-refractivity contribution in [2.24, 2.45) is 0 Å². The van der Waals surface area contributed by atoms with Crippen LogP contribution in [0.2, 0.25) is 10.0 Å². The molecule has 1 nitrogen and oxygen atoms in total. The summed E-state index contributed by atoms with van der Waals surface area (Å²) in [6.07, 6.45) is -1.41. The van der Waals surface area contributed by atoms with Gasteiger partial charge in [-0.05, 0) is 24.3 Å². The summed E-state index contributed by atoms with van der Waals surface area (Å²) in [4.78, 5) is 0. The summed E-state index contributed by atoms with van der Waals surface area (Å²) in [5.74, 6) is -1.17. The van der Waals surface area contributed by atoms with Gasteiger partial charge in [-0.15, -0.1) is 0 Å². The number of halogens is 4. The normalized spacial score (nSPS) is 12.5. The minimum absolute atomic E-state index is 0.0523. The van der Waals surface area contributed by atoms with Gasteiger partial charge in [0.1, 0.15) is 11.6 Å². The van der Waals surface area contributed by atoms with Gasteiger partial charge in [-0.2, -0.15) is 0 Å². The monoisotopic (exact) mass is 302 g/mol. The molecule has 0 amide bonds. The standard InChI is InChI=1S/C14H10Cl2F2O/c15-9-3-1-5-11(17)8(9)7-13(19)14-10(16)4-2-6-12(14)18/h1-6,13,19H,7H2. The Morgan fingerprint density at radius 3 is 2.11 bits per heavy atom. The van der Waals surface area contributed by atoms with Crippen LogP contribution in [0, 0.1) is 11.6 Å². The topological polar surface area (TPSA) is 20.2 Å². The average Bonchev–Trinajstić information content (AvgIpc) is 2.34. The molecule has 0 heterocycles. The largest absolute Gasteiger partial charge is 0.388 e. The predicted molar refractivity (Wildman–Crippen MR) is 71.5 cm³/mol. The third kappa shape index (κ3) is 3.06. The Morgan fingerprint density at radius 2 is 1.53 bits per heavy atom. The molecule has 0 aliphatic carbocycles. The first kappa shape index (κ1) is 14.3. The van der Waals surface area contributed by atoms with Crippen LogP contribution in [0.15, 0.2) is 36.4 Å². The van der Waals surface area contributed by atoms with Gasteiger partial charge in [0.15, 0.2) is 0 Å². The summed E-state index contributed by atoms with van der Waals surface area (Å²) >= 11 is 11.7. The van der Waals surface area contributed by atoms with E-state index in [2.05, 4.69) is 0 Å². The molecule has 0 aliphatic rings. The molecule has 2 aromatic carbocycles. The van der Waals surface area contributed by atoms with Crippen molar-refractivity contribution in [1.29, 1.82) is 0 Å². The molecule has 0 aromatic heterocycles. The maximum atomic E-state index is 13.6. The summed E-state index contributed by atoms with van der Waals surface area (Å²) in [6, 6.07) is 8.29. The molecular weight excluding hydrogens is 293 g/mol. The van der Waals surface area contributed by atoms with Gasteiger partial charge in [-0.25, -0.2) is 8.78 Å². The molecule has 1 N–H and O–H groups in total. The van der Waals surface area contributed by atoms with E-state index in [0.717, 1.165) is 0 Å². The van der Waals surface area contributed by atoms with Crippen molar-refractivity contribution in [2.45, 2.75) is 12.5 Å². The van der Waals surface area contributed by atoms with Crippen LogP contribution >= 0.6 is 23.2 Å². The lowest BCUT2D eigenvalue weighted by molar-refractivity contribution is 0.172. The van der Waals surface area contributed by atoms with Gasteiger partial charge in [0.05, 0.1) is 6.10 Å². The Bertz CT molecular complexity index is 561. The van der Waals surface area contributed by atoms with Crippen molar-refractivity contribution in [3.63, 3.8) is 0 Å². The zero-order chi connectivity index (χ0) is 14.0. The molecule has 0 saturated heterocycles. The summed E-state index contributed by atoms with van der Waals surface area (Å²) < 4.78 is 27.2. The molecule has 0 bridgehead atoms. The minimum atomic E-state index is -1.26. The fourth-order valence-electron chi connectivity index (χ4n) is 1.85. The summed E-state index contributed by atoms with van der Waals surface area (Å²) in [5, 5.41) is 10.3. The Kier molecular flexibility index (Phi) is 4.40. The Labute approximate surface area is 119 Å². The second-order valence-corrected chi connectivity index (χ2v) is 4.87. The third-order valence-corrected chi connectivity index (χ3v) is 3.48. The van der Waals surface area contributed by atoms with Crippen molar-refractivity contribution in [3.05, 3.63) is 69.2 Å². The summed E-state index contributed by atoms with van der Waals surface area (Å²) in [7, 11) is 0. The number of benzene rings is 2. The lowest BCUT2D eigenvalue weighted by Crippen LogP contribution is -2.07. The molecule has 19 heavy (non-hydrogen) atoms. The highest BCUT2D eigenvalue weighted by Gasteiger charge is 2.19. The zero-order valence-corrected chi connectivity index (χ0v) is 11.2. The summed E-state index contributed by atoms with van der Waals surface area (Å²) in [6.45, 7) is 0. The van der Waals surface area contributed by atoms with Crippen LogP contribution < -0.4 is 0 Å². The van der Waals surface area contributed by atoms with Crippen LogP contribution in [0.1, 0.15) is 17.2 Å². The van der Waals surface area contributed by atoms with E-state index in [-0.39, 0.29) is 27.6 Å². The highest BCUT2D eigenvalue weighted by molar-refractivity contribution is 6.31. The molecule has 0 radical (unpaired) electrons. The van der Waals surface area contributed by atoms with E-state index in [1.807, 2.05) is 0 Å². The summed E-state index contributed by atoms with van der Waals surface area (Å²) in [5.41, 5.74) is 0.0828. The van der Waals surface area contributed by atoms with Crippen LogP contribution in [0.4, 0.5) is 8.78 Å². The van der Waals surface area contributed by atoms with Gasteiger partial charge in [0.25, 0.3) is 0 Å². The van der Waals surface area contributed by atoms with Gasteiger partial charge in [-0.3, -0.25) is 0 Å². The molecule has 2 rings (SSSR count). The molecular formula is C14H10Cl2F2O. The predicted octanol–water partition coefficient (Wildman–Crippen LogP) is 4.55. The highest BCUT2D eigenvalue weighted by atomic mass is 35.5. The molecule has 0 fully saturated rings. The van der Waals surface area contributed by atoms with E-state index in [4.69, 9.17) is 23.2 Å². The number of hydrogen-bond acceptors (Lipinski definition) is 1. The number of rotatable bonds is 3. The van der Waals surface area contributed by atoms with Crippen LogP contribution in [0.5, 0.6) is 0 Å². The lowest BCUT2D eigenvalue weighted by atomic mass is 10.0. The maximum Gasteiger partial charge on any atom is 0.130 e. The SMILES string of the molecule is OC(Cc1c(F)cccc1Cl)c1c(F)cccc1Cl. The first-order valence-electron chi connectivity index (χ1n) is 5.55. The molecule has 2 aromatic rings. The van der Waals surface area contributed by atoms with E-state index < -0.39 is 17.7 Å². The van der Waals surface area contributed by atoms with Crippen LogP contribution in [0.25, 0.3) is 0 Å². The molecule has 1 unspecified atom stereocenters. The molecule has 0 spiro atoms. The van der Waals surface area contributed by atoms with Crippen LogP contribution in [-0.2, 0) is 6.42 Å². The molecule has 1 atom stereocenters. The second-order valence-electron chi connectivity index (χ2n) is 4.06. The second kappa shape index (κ2) is 5.87. The molecule has 0 saturated carbocycles. The van der Waals surface area contributed by atoms with Gasteiger partial charge in [0, 0.05) is 27.6 Å². The quantitative estimate of drug-likeness (QED) is 0.882. The van der Waals surface area contributed by atoms with Crippen LogP contribution in [0.3, 0.4) is 0 Å². The van der Waals surface area contributed by atoms with E-state index in [1.54, 1.807) is 0 Å². The van der Waals surface area contributed by atoms with Crippen LogP contribution in [-0.4, -0.2) is 5.11 Å². The smallest absolute Gasteiger partial charge is 0.130 e. The average molecular weight is 303 g/mol. The van der Waals surface area contributed by atoms with E-state index >= 15 is 0 Å². The minimum Gasteiger partial charge on any atom is -0.388 e. The first-order valence-corrected chi connectivity index (χ1v) is 6.31. The van der Waals surface area contributed by atoms with Gasteiger partial charge < -0.3 is 5.11 Å². The van der Waals surface area contributed by atoms with E-state index in [9.17, 15) is 13.9 Å². The van der Waals surface area contributed by atoms with E-state index in [0.29, 0.717) is 0 Å². The van der Waals surface area contributed by atoms with Crippen molar-refractivity contribution in [3.8, 4) is 0 Å². The molecule has 5 heteroatoms. The van der Waals surface area contributed by atoms with Crippen molar-refractivity contribution in [2.75, 3.05) is 0 Å². The highest BCUT2D eigenvalue weighted by Crippen LogP contribution is 2.30. The number of aliphatic hydroxyl groups is 1. The maximum absolute atomic E-state index is 13.6. The van der Waals surface area contributed by atoms with Crippen molar-refractivity contribution >= 4 is 23.2 Å². The number of hydrogen-bond donors (Lipinski definition) is 1. The Morgan fingerprint density at radius 1 is 0.947 bits per heavy atom. The molecule has 0 aliphatic heterocycles. The van der Waals surface area contributed by atoms with Crippen molar-refractivity contribution in [1.82, 2.24) is 0 Å². The van der Waals surface area contributed by atoms with Gasteiger partial charge in [0.2, 0.25) is 0 Å². The fourth-order valence-corrected chi connectivity index (χ4v) is 2.38. The fraction of sp³-hybridized carbons (Fsp3) is 0.143. The van der Waals surface area contributed by atoms with Gasteiger partial charge in [-0.1, -0.05) is 35.3 Å². The van der Waals surface area contributed by atoms with Gasteiger partial charge >= 0.3 is 0 Å². The lowest BCUT2D eigenvalue weighted by Gasteiger charge is -2.15. The first-order chi connectivity index (χ1) is 9.00. The Balaban J connectivity index is 2.34. The molecule has 100 valence electrons. The number of aliphatic hydroxyl groups excluding tert-OH is 1. The Hall–Kier alpha value is -1.16. The zero-order valence-electron chi connectivity index (χ0n) is 9.71. The van der Waals surface area contributed by atoms with Crippen molar-refractivity contribution < 1.29 is 13.9 Å². The third-order valence-electron chi connectivity index (χ3n) is 2.79.